The van der Waals surface area contributed by atoms with Crippen LogP contribution in [0.2, 0.25) is 0 Å². The Balaban J connectivity index is 1.90. The molecule has 2 aromatic rings. The minimum absolute atomic E-state index is 0.0800. The number of carboxylic acid groups (broad SMARTS) is 1. The van der Waals surface area contributed by atoms with Crippen LogP contribution in [-0.2, 0) is 26.3 Å². The Kier molecular flexibility index (Phi) is 6.41. The average molecular weight is 398 g/mol. The summed E-state index contributed by atoms with van der Waals surface area (Å²) >= 11 is 1.47. The SMILES string of the molecule is O=C(O)CCC1(c2ccccc2)OC(=O)C=C(O)[C@@H]1SCCc1ccccc1. The van der Waals surface area contributed by atoms with E-state index in [1.165, 1.54) is 17.3 Å². The van der Waals surface area contributed by atoms with Gasteiger partial charge >= 0.3 is 11.9 Å². The topological polar surface area (TPSA) is 83.8 Å². The van der Waals surface area contributed by atoms with Gasteiger partial charge in [0.15, 0.2) is 5.60 Å². The number of aliphatic carboxylic acids is 1. The van der Waals surface area contributed by atoms with E-state index < -0.39 is 22.8 Å². The van der Waals surface area contributed by atoms with Gasteiger partial charge in [-0.1, -0.05) is 60.7 Å². The molecule has 5 nitrogen and oxygen atoms in total. The summed E-state index contributed by atoms with van der Waals surface area (Å²) in [5.41, 5.74) is 0.625. The molecular weight excluding hydrogens is 376 g/mol. The molecule has 146 valence electrons. The predicted molar refractivity (Wildman–Crippen MR) is 108 cm³/mol. The molecule has 0 radical (unpaired) electrons. The van der Waals surface area contributed by atoms with E-state index >= 15 is 0 Å². The molecule has 1 aliphatic heterocycles. The van der Waals surface area contributed by atoms with Gasteiger partial charge in [0.2, 0.25) is 0 Å². The number of benzene rings is 2. The highest BCUT2D eigenvalue weighted by molar-refractivity contribution is 8.00. The molecule has 0 fully saturated rings. The van der Waals surface area contributed by atoms with Gasteiger partial charge in [0.05, 0.1) is 6.08 Å². The van der Waals surface area contributed by atoms with Crippen molar-refractivity contribution < 1.29 is 24.5 Å². The normalized spacial score (nSPS) is 21.6. The fourth-order valence-corrected chi connectivity index (χ4v) is 4.81. The van der Waals surface area contributed by atoms with Gasteiger partial charge in [-0.25, -0.2) is 4.79 Å². The molecule has 2 N–H and O–H groups in total. The average Bonchev–Trinajstić information content (AvgIpc) is 2.69. The Morgan fingerprint density at radius 2 is 1.71 bits per heavy atom. The zero-order valence-electron chi connectivity index (χ0n) is 15.3. The maximum absolute atomic E-state index is 12.1. The third kappa shape index (κ3) is 4.57. The van der Waals surface area contributed by atoms with Gasteiger partial charge in [-0.15, -0.1) is 11.8 Å². The maximum atomic E-state index is 12.1. The second-order valence-electron chi connectivity index (χ2n) is 6.63. The number of carboxylic acids is 1. The smallest absolute Gasteiger partial charge is 0.335 e. The quantitative estimate of drug-likeness (QED) is 0.652. The van der Waals surface area contributed by atoms with Gasteiger partial charge in [0.1, 0.15) is 11.0 Å². The fourth-order valence-electron chi connectivity index (χ4n) is 3.41. The van der Waals surface area contributed by atoms with E-state index in [0.29, 0.717) is 11.3 Å². The Bertz CT molecular complexity index is 850. The van der Waals surface area contributed by atoms with E-state index in [9.17, 15) is 19.8 Å². The van der Waals surface area contributed by atoms with Gasteiger partial charge in [0, 0.05) is 12.8 Å². The Morgan fingerprint density at radius 1 is 1.07 bits per heavy atom. The lowest BCUT2D eigenvalue weighted by Gasteiger charge is -2.42. The van der Waals surface area contributed by atoms with Crippen LogP contribution in [0.1, 0.15) is 24.0 Å². The largest absolute Gasteiger partial charge is 0.511 e. The van der Waals surface area contributed by atoms with Gasteiger partial charge in [-0.3, -0.25) is 4.79 Å². The maximum Gasteiger partial charge on any atom is 0.335 e. The van der Waals surface area contributed by atoms with Gasteiger partial charge in [-0.2, -0.15) is 0 Å². The molecule has 0 saturated heterocycles. The van der Waals surface area contributed by atoms with Crippen molar-refractivity contribution >= 4 is 23.7 Å². The molecule has 28 heavy (non-hydrogen) atoms. The number of carbonyl (C=O) groups is 2. The van der Waals surface area contributed by atoms with Crippen molar-refractivity contribution in [3.8, 4) is 0 Å². The highest BCUT2D eigenvalue weighted by Gasteiger charge is 2.49. The van der Waals surface area contributed by atoms with Crippen LogP contribution in [0.4, 0.5) is 0 Å². The first-order valence-corrected chi connectivity index (χ1v) is 10.1. The predicted octanol–water partition coefficient (Wildman–Crippen LogP) is 4.09. The molecule has 3 rings (SSSR count). The number of aryl methyl sites for hydroxylation is 1. The molecule has 2 atom stereocenters. The lowest BCUT2D eigenvalue weighted by molar-refractivity contribution is -0.160. The van der Waals surface area contributed by atoms with Crippen molar-refractivity contribution in [3.63, 3.8) is 0 Å². The summed E-state index contributed by atoms with van der Waals surface area (Å²) in [5, 5.41) is 19.2. The van der Waals surface area contributed by atoms with Crippen molar-refractivity contribution in [3.05, 3.63) is 83.6 Å². The molecule has 6 heteroatoms. The van der Waals surface area contributed by atoms with Crippen LogP contribution in [0.15, 0.2) is 72.5 Å². The molecule has 0 aliphatic carbocycles. The van der Waals surface area contributed by atoms with E-state index in [-0.39, 0.29) is 18.6 Å². The number of aliphatic hydroxyl groups is 1. The zero-order valence-corrected chi connectivity index (χ0v) is 16.1. The number of ether oxygens (including phenoxy) is 1. The lowest BCUT2D eigenvalue weighted by Crippen LogP contribution is -2.46. The summed E-state index contributed by atoms with van der Waals surface area (Å²) in [6, 6.07) is 19.0. The molecule has 0 spiro atoms. The van der Waals surface area contributed by atoms with Crippen LogP contribution in [0.25, 0.3) is 0 Å². The van der Waals surface area contributed by atoms with Crippen molar-refractivity contribution in [2.24, 2.45) is 0 Å². The van der Waals surface area contributed by atoms with Crippen LogP contribution in [0.5, 0.6) is 0 Å². The second-order valence-corrected chi connectivity index (χ2v) is 7.84. The fraction of sp³-hybridized carbons (Fsp3) is 0.273. The highest BCUT2D eigenvalue weighted by atomic mass is 32.2. The molecule has 1 heterocycles. The van der Waals surface area contributed by atoms with Crippen LogP contribution >= 0.6 is 11.8 Å². The first-order chi connectivity index (χ1) is 13.5. The number of rotatable bonds is 8. The van der Waals surface area contributed by atoms with Crippen molar-refractivity contribution in [1.82, 2.24) is 0 Å². The summed E-state index contributed by atoms with van der Waals surface area (Å²) in [5.74, 6) is -1.03. The molecule has 1 unspecified atom stereocenters. The number of hydrogen-bond donors (Lipinski definition) is 2. The van der Waals surface area contributed by atoms with E-state index in [4.69, 9.17) is 4.74 Å². The number of cyclic esters (lactones) is 1. The summed E-state index contributed by atoms with van der Waals surface area (Å²) in [6.07, 6.45) is 1.78. The van der Waals surface area contributed by atoms with Crippen molar-refractivity contribution in [1.29, 1.82) is 0 Å². The number of carbonyl (C=O) groups excluding carboxylic acids is 1. The van der Waals surface area contributed by atoms with Crippen LogP contribution < -0.4 is 0 Å². The molecule has 1 aliphatic rings. The van der Waals surface area contributed by atoms with Crippen molar-refractivity contribution in [2.75, 3.05) is 5.75 Å². The molecule has 0 bridgehead atoms. The van der Waals surface area contributed by atoms with Gasteiger partial charge in [0.25, 0.3) is 0 Å². The summed E-state index contributed by atoms with van der Waals surface area (Å²) in [4.78, 5) is 23.4. The highest BCUT2D eigenvalue weighted by Crippen LogP contribution is 2.45. The lowest BCUT2D eigenvalue weighted by atomic mass is 9.83. The van der Waals surface area contributed by atoms with Crippen molar-refractivity contribution in [2.45, 2.75) is 30.1 Å². The third-order valence-corrected chi connectivity index (χ3v) is 6.13. The first kappa shape index (κ1) is 20.0. The van der Waals surface area contributed by atoms with Gasteiger partial charge < -0.3 is 14.9 Å². The zero-order chi connectivity index (χ0) is 20.0. The summed E-state index contributed by atoms with van der Waals surface area (Å²) in [7, 11) is 0. The third-order valence-electron chi connectivity index (χ3n) is 4.73. The van der Waals surface area contributed by atoms with Gasteiger partial charge in [-0.05, 0) is 23.3 Å². The number of esters is 1. The van der Waals surface area contributed by atoms with E-state index in [2.05, 4.69) is 0 Å². The Morgan fingerprint density at radius 3 is 2.36 bits per heavy atom. The monoisotopic (exact) mass is 398 g/mol. The molecule has 2 aromatic carbocycles. The minimum atomic E-state index is -1.23. The van der Waals surface area contributed by atoms with E-state index in [1.54, 1.807) is 12.1 Å². The molecular formula is C22H22O5S. The molecule has 0 amide bonds. The van der Waals surface area contributed by atoms with E-state index in [1.807, 2.05) is 48.5 Å². The second kappa shape index (κ2) is 8.97. The van der Waals surface area contributed by atoms with Crippen LogP contribution in [0.3, 0.4) is 0 Å². The summed E-state index contributed by atoms with van der Waals surface area (Å²) in [6.45, 7) is 0. The molecule has 0 aromatic heterocycles. The number of aliphatic hydroxyl groups excluding tert-OH is 1. The minimum Gasteiger partial charge on any atom is -0.511 e. The summed E-state index contributed by atoms with van der Waals surface area (Å²) < 4.78 is 5.74. The molecule has 0 saturated carbocycles. The van der Waals surface area contributed by atoms with Crippen LogP contribution in [0, 0.1) is 0 Å². The standard InChI is InChI=1S/C22H22O5S/c23-18-15-20(26)27-22(13-11-19(24)25,17-9-5-2-6-10-17)21(18)28-14-12-16-7-3-1-4-8-16/h1-10,15,21,23H,11-14H2,(H,24,25)/t21-,22?/m0/s1. The van der Waals surface area contributed by atoms with E-state index in [0.717, 1.165) is 12.5 Å². The Labute approximate surface area is 168 Å². The number of thioether (sulfide) groups is 1. The Hall–Kier alpha value is -2.73. The number of hydrogen-bond acceptors (Lipinski definition) is 5. The van der Waals surface area contributed by atoms with Crippen LogP contribution in [-0.4, -0.2) is 33.2 Å². The first-order valence-electron chi connectivity index (χ1n) is 9.07.